The van der Waals surface area contributed by atoms with Gasteiger partial charge >= 0.3 is 0 Å². The predicted molar refractivity (Wildman–Crippen MR) is 113 cm³/mol. The maximum Gasteiger partial charge on any atom is 0.226 e. The van der Waals surface area contributed by atoms with Gasteiger partial charge in [-0.2, -0.15) is 4.98 Å². The van der Waals surface area contributed by atoms with E-state index in [4.69, 9.17) is 14.0 Å². The molecular weight excluding hydrogens is 402 g/mol. The smallest absolute Gasteiger partial charge is 0.226 e. The fourth-order valence-electron chi connectivity index (χ4n) is 3.02. The molecule has 4 rings (SSSR count). The summed E-state index contributed by atoms with van der Waals surface area (Å²) in [5.74, 6) is 2.53. The average molecular weight is 426 g/mol. The Balaban J connectivity index is 1.44. The Morgan fingerprint density at radius 2 is 1.90 bits per heavy atom. The number of aryl methyl sites for hydroxylation is 2. The molecule has 0 saturated carbocycles. The number of hydrogen-bond donors (Lipinski definition) is 1. The molecule has 3 aromatic rings. The average Bonchev–Trinajstić information content (AvgIpc) is 3.23. The van der Waals surface area contributed by atoms with Crippen molar-refractivity contribution in [2.75, 3.05) is 18.5 Å². The highest BCUT2D eigenvalue weighted by molar-refractivity contribution is 7.99. The standard InChI is InChI=1S/C22H23N3O4S/c1-2-20-24-22(29-25-20)10-6-9-21(26)23-16-13-17-18(28-12-11-27-17)14-19(16)30-15-7-4-3-5-8-15/h3-5,7-8,13-14H,2,6,9-12H2,1H3,(H,23,26). The molecule has 7 nitrogen and oxygen atoms in total. The van der Waals surface area contributed by atoms with Crippen molar-refractivity contribution >= 4 is 23.4 Å². The van der Waals surface area contributed by atoms with E-state index in [0.717, 1.165) is 16.2 Å². The van der Waals surface area contributed by atoms with Crippen LogP contribution >= 0.6 is 11.8 Å². The van der Waals surface area contributed by atoms with Crippen LogP contribution in [0.3, 0.4) is 0 Å². The van der Waals surface area contributed by atoms with Gasteiger partial charge in [-0.05, 0) is 18.6 Å². The number of nitrogens with zero attached hydrogens (tertiary/aromatic N) is 2. The zero-order valence-corrected chi connectivity index (χ0v) is 17.5. The lowest BCUT2D eigenvalue weighted by atomic mass is 10.2. The number of nitrogens with one attached hydrogen (secondary N) is 1. The summed E-state index contributed by atoms with van der Waals surface area (Å²) in [5.41, 5.74) is 0.712. The van der Waals surface area contributed by atoms with E-state index in [1.54, 1.807) is 11.8 Å². The van der Waals surface area contributed by atoms with E-state index in [9.17, 15) is 4.79 Å². The number of ether oxygens (including phenoxy) is 2. The minimum atomic E-state index is -0.0724. The maximum absolute atomic E-state index is 12.6. The van der Waals surface area contributed by atoms with Gasteiger partial charge in [0.15, 0.2) is 17.3 Å². The summed E-state index contributed by atoms with van der Waals surface area (Å²) in [7, 11) is 0. The van der Waals surface area contributed by atoms with Crippen LogP contribution in [-0.2, 0) is 17.6 Å². The van der Waals surface area contributed by atoms with Crippen molar-refractivity contribution in [3.63, 3.8) is 0 Å². The maximum atomic E-state index is 12.6. The first kappa shape index (κ1) is 20.3. The molecule has 0 saturated heterocycles. The molecule has 0 bridgehead atoms. The van der Waals surface area contributed by atoms with Crippen LogP contribution in [0.2, 0.25) is 0 Å². The van der Waals surface area contributed by atoms with Gasteiger partial charge in [-0.1, -0.05) is 42.0 Å². The number of hydrogen-bond acceptors (Lipinski definition) is 7. The van der Waals surface area contributed by atoms with E-state index in [1.165, 1.54) is 0 Å². The molecule has 1 aromatic heterocycles. The number of anilines is 1. The number of amides is 1. The first-order chi connectivity index (χ1) is 14.7. The number of carbonyl (C=O) groups is 1. The zero-order chi connectivity index (χ0) is 20.8. The van der Waals surface area contributed by atoms with E-state index in [-0.39, 0.29) is 5.91 Å². The van der Waals surface area contributed by atoms with Gasteiger partial charge in [-0.25, -0.2) is 0 Å². The molecule has 156 valence electrons. The molecule has 30 heavy (non-hydrogen) atoms. The summed E-state index contributed by atoms with van der Waals surface area (Å²) < 4.78 is 16.6. The number of rotatable bonds is 8. The number of aromatic nitrogens is 2. The molecule has 0 unspecified atom stereocenters. The van der Waals surface area contributed by atoms with Crippen molar-refractivity contribution in [3.05, 3.63) is 54.2 Å². The molecule has 1 amide bonds. The number of carbonyl (C=O) groups excluding carboxylic acids is 1. The molecule has 0 aliphatic carbocycles. The van der Waals surface area contributed by atoms with Gasteiger partial charge in [0.05, 0.1) is 5.69 Å². The highest BCUT2D eigenvalue weighted by Gasteiger charge is 2.18. The van der Waals surface area contributed by atoms with Crippen molar-refractivity contribution < 1.29 is 18.8 Å². The molecule has 2 heterocycles. The van der Waals surface area contributed by atoms with Crippen LogP contribution in [0.25, 0.3) is 0 Å². The van der Waals surface area contributed by atoms with Crippen LogP contribution in [0.15, 0.2) is 56.8 Å². The van der Waals surface area contributed by atoms with Gasteiger partial charge in [0, 0.05) is 41.2 Å². The third kappa shape index (κ3) is 5.13. The van der Waals surface area contributed by atoms with Gasteiger partial charge in [-0.3, -0.25) is 4.79 Å². The monoisotopic (exact) mass is 425 g/mol. The topological polar surface area (TPSA) is 86.5 Å². The van der Waals surface area contributed by atoms with Crippen LogP contribution in [0.4, 0.5) is 5.69 Å². The SMILES string of the molecule is CCc1noc(CCCC(=O)Nc2cc3c(cc2Sc2ccccc2)OCCO3)n1. The Morgan fingerprint density at radius 1 is 1.13 bits per heavy atom. The Kier molecular flexibility index (Phi) is 6.53. The molecule has 1 aliphatic rings. The predicted octanol–water partition coefficient (Wildman–Crippen LogP) is 4.52. The van der Waals surface area contributed by atoms with Crippen molar-refractivity contribution in [1.29, 1.82) is 0 Å². The fourth-order valence-corrected chi connectivity index (χ4v) is 3.95. The second kappa shape index (κ2) is 9.67. The van der Waals surface area contributed by atoms with Crippen LogP contribution in [0, 0.1) is 0 Å². The number of fused-ring (bicyclic) bond motifs is 1. The second-order valence-corrected chi connectivity index (χ2v) is 7.88. The molecule has 8 heteroatoms. The van der Waals surface area contributed by atoms with Crippen molar-refractivity contribution in [2.24, 2.45) is 0 Å². The summed E-state index contributed by atoms with van der Waals surface area (Å²) in [4.78, 5) is 18.8. The summed E-state index contributed by atoms with van der Waals surface area (Å²) in [6.45, 7) is 2.99. The quantitative estimate of drug-likeness (QED) is 0.568. The van der Waals surface area contributed by atoms with Gasteiger partial charge in [0.25, 0.3) is 0 Å². The summed E-state index contributed by atoms with van der Waals surface area (Å²) in [6, 6.07) is 13.8. The van der Waals surface area contributed by atoms with E-state index < -0.39 is 0 Å². The molecule has 1 aliphatic heterocycles. The minimum Gasteiger partial charge on any atom is -0.486 e. The fraction of sp³-hybridized carbons (Fsp3) is 0.318. The van der Waals surface area contributed by atoms with Gasteiger partial charge in [0.2, 0.25) is 11.8 Å². The zero-order valence-electron chi connectivity index (χ0n) is 16.7. The first-order valence-corrected chi connectivity index (χ1v) is 10.8. The molecule has 2 aromatic carbocycles. The molecule has 1 N–H and O–H groups in total. The Morgan fingerprint density at radius 3 is 2.63 bits per heavy atom. The highest BCUT2D eigenvalue weighted by atomic mass is 32.2. The van der Waals surface area contributed by atoms with Crippen LogP contribution in [-0.4, -0.2) is 29.3 Å². The van der Waals surface area contributed by atoms with E-state index in [1.807, 2.05) is 49.4 Å². The minimum absolute atomic E-state index is 0.0724. The highest BCUT2D eigenvalue weighted by Crippen LogP contribution is 2.42. The molecule has 0 fully saturated rings. The lowest BCUT2D eigenvalue weighted by Gasteiger charge is -2.21. The van der Waals surface area contributed by atoms with Gasteiger partial charge in [-0.15, -0.1) is 0 Å². The van der Waals surface area contributed by atoms with E-state index in [2.05, 4.69) is 15.5 Å². The third-order valence-electron chi connectivity index (χ3n) is 4.51. The van der Waals surface area contributed by atoms with Crippen molar-refractivity contribution in [2.45, 2.75) is 42.4 Å². The molecule has 0 atom stereocenters. The lowest BCUT2D eigenvalue weighted by molar-refractivity contribution is -0.116. The van der Waals surface area contributed by atoms with Gasteiger partial charge < -0.3 is 19.3 Å². The van der Waals surface area contributed by atoms with Crippen LogP contribution in [0.5, 0.6) is 11.5 Å². The van der Waals surface area contributed by atoms with Crippen LogP contribution in [0.1, 0.15) is 31.5 Å². The van der Waals surface area contributed by atoms with Crippen molar-refractivity contribution in [3.8, 4) is 11.5 Å². The first-order valence-electron chi connectivity index (χ1n) is 9.99. The van der Waals surface area contributed by atoms with E-state index >= 15 is 0 Å². The second-order valence-electron chi connectivity index (χ2n) is 6.77. The summed E-state index contributed by atoms with van der Waals surface area (Å²) in [5, 5.41) is 6.90. The van der Waals surface area contributed by atoms with Gasteiger partial charge in [0.1, 0.15) is 13.2 Å². The largest absolute Gasteiger partial charge is 0.486 e. The molecular formula is C22H23N3O4S. The summed E-state index contributed by atoms with van der Waals surface area (Å²) in [6.07, 6.45) is 2.29. The Labute approximate surface area is 179 Å². The summed E-state index contributed by atoms with van der Waals surface area (Å²) >= 11 is 1.57. The lowest BCUT2D eigenvalue weighted by Crippen LogP contribution is -2.17. The normalized spacial score (nSPS) is 12.6. The Bertz CT molecular complexity index is 1010. The molecule has 0 spiro atoms. The number of benzene rings is 2. The van der Waals surface area contributed by atoms with Crippen molar-refractivity contribution in [1.82, 2.24) is 10.1 Å². The Hall–Kier alpha value is -3.00. The molecule has 0 radical (unpaired) electrons. The van der Waals surface area contributed by atoms with E-state index in [0.29, 0.717) is 61.4 Å². The van der Waals surface area contributed by atoms with Crippen LogP contribution < -0.4 is 14.8 Å². The third-order valence-corrected chi connectivity index (χ3v) is 5.58.